The molecule has 0 aliphatic heterocycles. The zero-order chi connectivity index (χ0) is 7.28. The van der Waals surface area contributed by atoms with Gasteiger partial charge in [-0.25, -0.2) is 0 Å². The van der Waals surface area contributed by atoms with Gasteiger partial charge in [-0.1, -0.05) is 0 Å². The Morgan fingerprint density at radius 2 is 2.11 bits per heavy atom. The summed E-state index contributed by atoms with van der Waals surface area (Å²) in [5.74, 6) is 0. The second-order valence-electron chi connectivity index (χ2n) is 1.17. The fourth-order valence-electron chi connectivity index (χ4n) is 0.208. The van der Waals surface area contributed by atoms with E-state index in [4.69, 9.17) is 0 Å². The van der Waals surface area contributed by atoms with Crippen molar-refractivity contribution < 1.29 is 0 Å². The molecular formula is C5H6Br2N2. The Hall–Kier alpha value is 0.0400. The van der Waals surface area contributed by atoms with Gasteiger partial charge in [0.25, 0.3) is 0 Å². The van der Waals surface area contributed by atoms with Gasteiger partial charge in [-0.15, -0.1) is 0 Å². The first kappa shape index (κ1) is 9.04. The van der Waals surface area contributed by atoms with Crippen molar-refractivity contribution in [2.24, 2.45) is 9.98 Å². The molecule has 0 saturated carbocycles. The van der Waals surface area contributed by atoms with Crippen LogP contribution in [0.15, 0.2) is 20.7 Å². The fraction of sp³-hybridized carbons (Fsp3) is 0.200. The van der Waals surface area contributed by atoms with E-state index in [9.17, 15) is 0 Å². The Kier molecular flexibility index (Phi) is 4.90. The highest BCUT2D eigenvalue weighted by Crippen LogP contribution is 2.06. The van der Waals surface area contributed by atoms with Gasteiger partial charge in [-0.05, 0) is 38.6 Å². The van der Waals surface area contributed by atoms with E-state index in [-0.39, 0.29) is 0 Å². The maximum atomic E-state index is 3.82. The molecule has 50 valence electrons. The van der Waals surface area contributed by atoms with Crippen LogP contribution in [0.25, 0.3) is 0 Å². The number of allylic oxidation sites excluding steroid dienone is 1. The summed E-state index contributed by atoms with van der Waals surface area (Å²) in [4.78, 5) is 7.41. The highest BCUT2D eigenvalue weighted by Gasteiger charge is 1.86. The van der Waals surface area contributed by atoms with Gasteiger partial charge in [-0.3, -0.25) is 9.98 Å². The van der Waals surface area contributed by atoms with Crippen LogP contribution in [0.4, 0.5) is 0 Å². The second kappa shape index (κ2) is 4.88. The first-order valence-electron chi connectivity index (χ1n) is 2.17. The third-order valence-corrected chi connectivity index (χ3v) is 1.67. The molecule has 0 amide bonds. The van der Waals surface area contributed by atoms with Crippen LogP contribution >= 0.6 is 31.9 Å². The van der Waals surface area contributed by atoms with Gasteiger partial charge in [0.1, 0.15) is 9.23 Å². The van der Waals surface area contributed by atoms with Crippen LogP contribution in [0.5, 0.6) is 0 Å². The van der Waals surface area contributed by atoms with Crippen LogP contribution in [-0.2, 0) is 0 Å². The van der Waals surface area contributed by atoms with Gasteiger partial charge in [0.05, 0.1) is 0 Å². The van der Waals surface area contributed by atoms with Crippen molar-refractivity contribution in [3.05, 3.63) is 10.7 Å². The summed E-state index contributed by atoms with van der Waals surface area (Å²) in [6.07, 6.45) is 1.72. The average Bonchev–Trinajstić information content (AvgIpc) is 1.87. The predicted octanol–water partition coefficient (Wildman–Crippen LogP) is 2.35. The van der Waals surface area contributed by atoms with Crippen molar-refractivity contribution in [2.75, 3.05) is 7.05 Å². The summed E-state index contributed by atoms with van der Waals surface area (Å²) in [7, 11) is 1.68. The molecule has 2 nitrogen and oxygen atoms in total. The third kappa shape index (κ3) is 4.54. The summed E-state index contributed by atoms with van der Waals surface area (Å²) in [6, 6.07) is 0. The van der Waals surface area contributed by atoms with E-state index in [1.54, 1.807) is 13.1 Å². The minimum atomic E-state index is 0.667. The molecule has 0 aliphatic rings. The van der Waals surface area contributed by atoms with E-state index >= 15 is 0 Å². The van der Waals surface area contributed by atoms with E-state index in [0.29, 0.717) is 4.61 Å². The summed E-state index contributed by atoms with van der Waals surface area (Å²) in [5, 5.41) is 0. The Morgan fingerprint density at radius 1 is 1.56 bits per heavy atom. The monoisotopic (exact) mass is 252 g/mol. The van der Waals surface area contributed by atoms with Crippen molar-refractivity contribution >= 4 is 43.2 Å². The topological polar surface area (TPSA) is 24.7 Å². The number of nitrogens with zero attached hydrogens (tertiary/aromatic N) is 2. The van der Waals surface area contributed by atoms with E-state index in [0.717, 1.165) is 4.62 Å². The normalized spacial score (nSPS) is 13.7. The minimum Gasteiger partial charge on any atom is -0.281 e. The van der Waals surface area contributed by atoms with Crippen molar-refractivity contribution in [1.82, 2.24) is 0 Å². The van der Waals surface area contributed by atoms with Crippen LogP contribution in [0.1, 0.15) is 0 Å². The first-order valence-corrected chi connectivity index (χ1v) is 3.75. The Morgan fingerprint density at radius 3 is 2.44 bits per heavy atom. The molecule has 0 spiro atoms. The highest BCUT2D eigenvalue weighted by molar-refractivity contribution is 9.18. The molecule has 0 saturated heterocycles. The van der Waals surface area contributed by atoms with E-state index in [2.05, 4.69) is 48.6 Å². The SMILES string of the molecule is C=N/C(Br)=C\C(Br)=NC. The zero-order valence-electron chi connectivity index (χ0n) is 4.93. The molecule has 9 heavy (non-hydrogen) atoms. The highest BCUT2D eigenvalue weighted by atomic mass is 79.9. The lowest BCUT2D eigenvalue weighted by molar-refractivity contribution is 1.46. The molecule has 0 rings (SSSR count). The van der Waals surface area contributed by atoms with Crippen molar-refractivity contribution in [3.8, 4) is 0 Å². The van der Waals surface area contributed by atoms with E-state index in [1.165, 1.54) is 0 Å². The molecule has 0 aromatic heterocycles. The standard InChI is InChI=1S/C5H6Br2N2/c1-8-4(6)3-5(7)9-2/h3H,1H2,2H3/b4-3-,9-5?. The first-order chi connectivity index (χ1) is 4.20. The number of halogens is 2. The molecule has 0 atom stereocenters. The third-order valence-electron chi connectivity index (χ3n) is 0.603. The molecule has 0 bridgehead atoms. The number of hydrogen-bond acceptors (Lipinski definition) is 2. The Bertz CT molecular complexity index is 160. The van der Waals surface area contributed by atoms with Crippen LogP contribution in [0, 0.1) is 0 Å². The summed E-state index contributed by atoms with van der Waals surface area (Å²) >= 11 is 6.31. The number of hydrogen-bond donors (Lipinski definition) is 0. The molecule has 0 heterocycles. The lowest BCUT2D eigenvalue weighted by Gasteiger charge is -1.85. The molecule has 0 N–H and O–H groups in total. The number of aliphatic imine (C=N–C) groups is 2. The van der Waals surface area contributed by atoms with Gasteiger partial charge in [0.15, 0.2) is 0 Å². The van der Waals surface area contributed by atoms with Crippen molar-refractivity contribution in [2.45, 2.75) is 0 Å². The van der Waals surface area contributed by atoms with Gasteiger partial charge in [0.2, 0.25) is 0 Å². The smallest absolute Gasteiger partial charge is 0.108 e. The van der Waals surface area contributed by atoms with Gasteiger partial charge >= 0.3 is 0 Å². The largest absolute Gasteiger partial charge is 0.281 e. The van der Waals surface area contributed by atoms with Crippen molar-refractivity contribution in [3.63, 3.8) is 0 Å². The average molecular weight is 254 g/mol. The summed E-state index contributed by atoms with van der Waals surface area (Å²) in [5.41, 5.74) is 0. The molecule has 0 aliphatic carbocycles. The molecule has 0 fully saturated rings. The summed E-state index contributed by atoms with van der Waals surface area (Å²) < 4.78 is 1.40. The van der Waals surface area contributed by atoms with E-state index in [1.807, 2.05) is 0 Å². The molecule has 0 aromatic carbocycles. The molecule has 0 unspecified atom stereocenters. The minimum absolute atomic E-state index is 0.667. The van der Waals surface area contributed by atoms with Crippen LogP contribution in [0.2, 0.25) is 0 Å². The maximum Gasteiger partial charge on any atom is 0.108 e. The zero-order valence-corrected chi connectivity index (χ0v) is 8.11. The fourth-order valence-corrected chi connectivity index (χ4v) is 0.949. The predicted molar refractivity (Wildman–Crippen MR) is 48.8 cm³/mol. The Balaban J connectivity index is 4.11. The number of rotatable bonds is 2. The second-order valence-corrected chi connectivity index (χ2v) is 2.80. The lowest BCUT2D eigenvalue weighted by atomic mass is 10.7. The molecule has 0 aromatic rings. The summed E-state index contributed by atoms with van der Waals surface area (Å²) in [6.45, 7) is 3.31. The van der Waals surface area contributed by atoms with Crippen LogP contribution < -0.4 is 0 Å². The van der Waals surface area contributed by atoms with Gasteiger partial charge < -0.3 is 0 Å². The quantitative estimate of drug-likeness (QED) is 0.533. The van der Waals surface area contributed by atoms with Crippen molar-refractivity contribution in [1.29, 1.82) is 0 Å². The van der Waals surface area contributed by atoms with Crippen LogP contribution in [-0.4, -0.2) is 18.4 Å². The molecule has 0 radical (unpaired) electrons. The van der Waals surface area contributed by atoms with Gasteiger partial charge in [0, 0.05) is 13.1 Å². The Labute approximate surface area is 71.0 Å². The lowest BCUT2D eigenvalue weighted by Crippen LogP contribution is -1.77. The van der Waals surface area contributed by atoms with Gasteiger partial charge in [-0.2, -0.15) is 0 Å². The van der Waals surface area contributed by atoms with Crippen LogP contribution in [0.3, 0.4) is 0 Å². The van der Waals surface area contributed by atoms with E-state index < -0.39 is 0 Å². The maximum absolute atomic E-state index is 3.82. The molecule has 4 heteroatoms. The molecular weight excluding hydrogens is 248 g/mol.